The maximum atomic E-state index is 13.2. The average molecular weight is 485 g/mol. The Morgan fingerprint density at radius 2 is 1.71 bits per heavy atom. The van der Waals surface area contributed by atoms with Crippen LogP contribution < -0.4 is 4.74 Å². The summed E-state index contributed by atoms with van der Waals surface area (Å²) in [4.78, 5) is 30.4. The summed E-state index contributed by atoms with van der Waals surface area (Å²) in [5.74, 6) is 0.798. The van der Waals surface area contributed by atoms with E-state index in [0.29, 0.717) is 28.6 Å². The highest BCUT2D eigenvalue weighted by Crippen LogP contribution is 2.23. The first-order valence-electron chi connectivity index (χ1n) is 10.7. The Bertz CT molecular complexity index is 1300. The molecule has 10 nitrogen and oxygen atoms in total. The number of aryl methyl sites for hydroxylation is 1. The molecule has 0 bridgehead atoms. The zero-order valence-electron chi connectivity index (χ0n) is 18.8. The number of ether oxygens (including phenoxy) is 1. The lowest BCUT2D eigenvalue weighted by Gasteiger charge is -2.34. The Hall–Kier alpha value is -3.57. The van der Waals surface area contributed by atoms with Crippen LogP contribution in [0.1, 0.15) is 39.4 Å². The highest BCUT2D eigenvalue weighted by Gasteiger charge is 2.31. The van der Waals surface area contributed by atoms with E-state index in [4.69, 9.17) is 9.26 Å². The molecule has 4 rings (SSSR count). The number of nitrogens with zero attached hydrogens (tertiary/aromatic N) is 4. The van der Waals surface area contributed by atoms with Gasteiger partial charge in [-0.3, -0.25) is 9.59 Å². The fraction of sp³-hybridized carbons (Fsp3) is 0.304. The third-order valence-electron chi connectivity index (χ3n) is 5.47. The Labute approximate surface area is 197 Å². The second-order valence-electron chi connectivity index (χ2n) is 7.79. The van der Waals surface area contributed by atoms with E-state index >= 15 is 0 Å². The van der Waals surface area contributed by atoms with Crippen LogP contribution in [0.5, 0.6) is 5.75 Å². The first-order valence-corrected chi connectivity index (χ1v) is 12.1. The summed E-state index contributed by atoms with van der Waals surface area (Å²) < 4.78 is 38.0. The van der Waals surface area contributed by atoms with Gasteiger partial charge in [-0.15, -0.1) is 0 Å². The number of para-hydroxylation sites is 1. The standard InChI is InChI=1S/C23H24N4O6S/c1-16(28)18-7-9-19(10-8-18)34(30,31)27-13-11-26(12-14-27)23(29)20-5-3-4-6-21(20)32-15-22-24-17(2)33-25-22/h3-10H,11-15H2,1-2H3. The Morgan fingerprint density at radius 3 is 2.32 bits per heavy atom. The van der Waals surface area contributed by atoms with Gasteiger partial charge in [0.1, 0.15) is 5.75 Å². The number of ketones is 1. The number of rotatable bonds is 7. The highest BCUT2D eigenvalue weighted by molar-refractivity contribution is 7.89. The number of hydrogen-bond donors (Lipinski definition) is 0. The first-order chi connectivity index (χ1) is 16.3. The van der Waals surface area contributed by atoms with Crippen LogP contribution in [0.4, 0.5) is 0 Å². The van der Waals surface area contributed by atoms with Crippen LogP contribution in [0.25, 0.3) is 0 Å². The number of carbonyl (C=O) groups excluding carboxylic acids is 2. The van der Waals surface area contributed by atoms with Crippen molar-refractivity contribution >= 4 is 21.7 Å². The van der Waals surface area contributed by atoms with Crippen LogP contribution in [0.3, 0.4) is 0 Å². The zero-order valence-corrected chi connectivity index (χ0v) is 19.6. The summed E-state index contributed by atoms with van der Waals surface area (Å²) >= 11 is 0. The molecule has 3 aromatic rings. The van der Waals surface area contributed by atoms with Gasteiger partial charge in [0, 0.05) is 38.7 Å². The van der Waals surface area contributed by atoms with Gasteiger partial charge >= 0.3 is 0 Å². The molecule has 0 N–H and O–H groups in total. The number of hydrogen-bond acceptors (Lipinski definition) is 8. The first kappa shape index (κ1) is 23.6. The highest BCUT2D eigenvalue weighted by atomic mass is 32.2. The van der Waals surface area contributed by atoms with Crippen molar-refractivity contribution in [2.75, 3.05) is 26.2 Å². The Kier molecular flexibility index (Phi) is 6.75. The second kappa shape index (κ2) is 9.74. The summed E-state index contributed by atoms with van der Waals surface area (Å²) in [6.45, 7) is 3.95. The maximum absolute atomic E-state index is 13.2. The summed E-state index contributed by atoms with van der Waals surface area (Å²) in [7, 11) is -3.73. The molecule has 2 aromatic carbocycles. The second-order valence-corrected chi connectivity index (χ2v) is 9.73. The minimum absolute atomic E-state index is 0.0517. The van der Waals surface area contributed by atoms with Gasteiger partial charge in [0.05, 0.1) is 10.5 Å². The lowest BCUT2D eigenvalue weighted by molar-refractivity contribution is 0.0692. The number of amides is 1. The molecular formula is C23H24N4O6S. The van der Waals surface area contributed by atoms with Gasteiger partial charge in [-0.2, -0.15) is 9.29 Å². The molecule has 11 heteroatoms. The molecule has 34 heavy (non-hydrogen) atoms. The van der Waals surface area contributed by atoms with Crippen molar-refractivity contribution in [3.63, 3.8) is 0 Å². The average Bonchev–Trinajstić information content (AvgIpc) is 3.27. The van der Waals surface area contributed by atoms with Crippen molar-refractivity contribution in [1.82, 2.24) is 19.3 Å². The molecule has 0 aliphatic carbocycles. The lowest BCUT2D eigenvalue weighted by atomic mass is 10.1. The summed E-state index contributed by atoms with van der Waals surface area (Å²) in [6, 6.07) is 12.7. The van der Waals surface area contributed by atoms with Crippen molar-refractivity contribution < 1.29 is 27.3 Å². The Balaban J connectivity index is 1.41. The van der Waals surface area contributed by atoms with E-state index in [0.717, 1.165) is 0 Å². The third-order valence-corrected chi connectivity index (χ3v) is 7.38. The van der Waals surface area contributed by atoms with E-state index < -0.39 is 10.0 Å². The molecule has 0 unspecified atom stereocenters. The predicted molar refractivity (Wildman–Crippen MR) is 121 cm³/mol. The van der Waals surface area contributed by atoms with E-state index in [1.54, 1.807) is 36.1 Å². The van der Waals surface area contributed by atoms with Crippen LogP contribution in [-0.2, 0) is 16.6 Å². The van der Waals surface area contributed by atoms with E-state index in [1.165, 1.54) is 35.5 Å². The quantitative estimate of drug-likeness (QED) is 0.468. The number of sulfonamides is 1. The summed E-state index contributed by atoms with van der Waals surface area (Å²) in [6.07, 6.45) is 0. The minimum Gasteiger partial charge on any atom is -0.485 e. The molecular weight excluding hydrogens is 460 g/mol. The maximum Gasteiger partial charge on any atom is 0.257 e. The predicted octanol–water partition coefficient (Wildman–Crippen LogP) is 2.31. The molecule has 1 fully saturated rings. The van der Waals surface area contributed by atoms with Crippen LogP contribution >= 0.6 is 0 Å². The smallest absolute Gasteiger partial charge is 0.257 e. The van der Waals surface area contributed by atoms with Gasteiger partial charge < -0.3 is 14.2 Å². The van der Waals surface area contributed by atoms with Crippen molar-refractivity contribution in [2.45, 2.75) is 25.3 Å². The van der Waals surface area contributed by atoms with Gasteiger partial charge in [0.25, 0.3) is 5.91 Å². The monoisotopic (exact) mass is 484 g/mol. The van der Waals surface area contributed by atoms with Gasteiger partial charge in [-0.05, 0) is 31.2 Å². The minimum atomic E-state index is -3.73. The fourth-order valence-electron chi connectivity index (χ4n) is 3.62. The Morgan fingerprint density at radius 1 is 1.03 bits per heavy atom. The number of piperazine rings is 1. The third kappa shape index (κ3) is 5.00. The number of Topliss-reactive ketones (excluding diaryl/α,β-unsaturated/α-hetero) is 1. The number of benzene rings is 2. The molecule has 0 radical (unpaired) electrons. The molecule has 178 valence electrons. The van der Waals surface area contributed by atoms with Crippen LogP contribution in [0.2, 0.25) is 0 Å². The van der Waals surface area contributed by atoms with Crippen LogP contribution in [0.15, 0.2) is 57.9 Å². The van der Waals surface area contributed by atoms with Crippen molar-refractivity contribution in [1.29, 1.82) is 0 Å². The fourth-order valence-corrected chi connectivity index (χ4v) is 5.05. The van der Waals surface area contributed by atoms with Crippen molar-refractivity contribution in [2.24, 2.45) is 0 Å². The topological polar surface area (TPSA) is 123 Å². The number of carbonyl (C=O) groups is 2. The molecule has 0 spiro atoms. The van der Waals surface area contributed by atoms with E-state index in [9.17, 15) is 18.0 Å². The van der Waals surface area contributed by atoms with Gasteiger partial charge in [-0.25, -0.2) is 8.42 Å². The van der Waals surface area contributed by atoms with Gasteiger partial charge in [0.2, 0.25) is 21.7 Å². The van der Waals surface area contributed by atoms with E-state index in [1.807, 2.05) is 0 Å². The molecule has 1 amide bonds. The van der Waals surface area contributed by atoms with Crippen molar-refractivity contribution in [3.05, 3.63) is 71.4 Å². The molecule has 0 saturated carbocycles. The van der Waals surface area contributed by atoms with E-state index in [-0.39, 0.29) is 49.4 Å². The molecule has 1 aromatic heterocycles. The van der Waals surface area contributed by atoms with Gasteiger partial charge in [-0.1, -0.05) is 29.4 Å². The molecule has 1 saturated heterocycles. The van der Waals surface area contributed by atoms with Crippen LogP contribution in [-0.4, -0.2) is 65.6 Å². The molecule has 1 aliphatic rings. The zero-order chi connectivity index (χ0) is 24.3. The largest absolute Gasteiger partial charge is 0.485 e. The lowest BCUT2D eigenvalue weighted by Crippen LogP contribution is -2.50. The van der Waals surface area contributed by atoms with E-state index in [2.05, 4.69) is 10.1 Å². The SMILES string of the molecule is CC(=O)c1ccc(S(=O)(=O)N2CCN(C(=O)c3ccccc3OCc3noc(C)n3)CC2)cc1. The van der Waals surface area contributed by atoms with Crippen molar-refractivity contribution in [3.8, 4) is 5.75 Å². The summed E-state index contributed by atoms with van der Waals surface area (Å²) in [5.41, 5.74) is 0.823. The molecule has 1 aliphatic heterocycles. The van der Waals surface area contributed by atoms with Gasteiger partial charge in [0.15, 0.2) is 12.4 Å². The van der Waals surface area contributed by atoms with Crippen LogP contribution in [0, 0.1) is 6.92 Å². The molecule has 0 atom stereocenters. The summed E-state index contributed by atoms with van der Waals surface area (Å²) in [5, 5.41) is 3.78. The molecule has 2 heterocycles. The number of aromatic nitrogens is 2. The normalized spacial score (nSPS) is 14.7.